The van der Waals surface area contributed by atoms with Crippen LogP contribution >= 0.6 is 11.3 Å². The summed E-state index contributed by atoms with van der Waals surface area (Å²) in [6.45, 7) is 3.93. The minimum atomic E-state index is -1.04. The Labute approximate surface area is 156 Å². The summed E-state index contributed by atoms with van der Waals surface area (Å²) in [7, 11) is 0. The van der Waals surface area contributed by atoms with E-state index in [1.165, 1.54) is 11.3 Å². The standard InChI is InChI=1S/C19H22N2O4S/c1-3-14-12(2)26-18(17(14)19(24)25)21-15(22)9-10-20-16(23)11-13-7-5-4-6-8-13/h4-8H,3,9-11H2,1-2H3,(H,20,23)(H,21,22)(H,24,25). The molecule has 0 atom stereocenters. The zero-order valence-electron chi connectivity index (χ0n) is 14.8. The van der Waals surface area contributed by atoms with Crippen LogP contribution in [0, 0.1) is 6.92 Å². The van der Waals surface area contributed by atoms with Crippen LogP contribution in [0.5, 0.6) is 0 Å². The highest BCUT2D eigenvalue weighted by Crippen LogP contribution is 2.33. The van der Waals surface area contributed by atoms with Gasteiger partial charge in [0, 0.05) is 17.8 Å². The molecule has 2 aromatic rings. The maximum absolute atomic E-state index is 12.1. The maximum Gasteiger partial charge on any atom is 0.339 e. The predicted molar refractivity (Wildman–Crippen MR) is 102 cm³/mol. The lowest BCUT2D eigenvalue weighted by molar-refractivity contribution is -0.120. The molecule has 0 aliphatic heterocycles. The molecule has 0 spiro atoms. The van der Waals surface area contributed by atoms with Gasteiger partial charge in [0.15, 0.2) is 0 Å². The molecule has 0 aliphatic carbocycles. The third-order valence-corrected chi connectivity index (χ3v) is 4.97. The number of hydrogen-bond acceptors (Lipinski definition) is 4. The van der Waals surface area contributed by atoms with Gasteiger partial charge in [-0.05, 0) is 24.5 Å². The van der Waals surface area contributed by atoms with E-state index in [2.05, 4.69) is 10.6 Å². The van der Waals surface area contributed by atoms with Gasteiger partial charge in [0.05, 0.1) is 12.0 Å². The first-order chi connectivity index (χ1) is 12.4. The Morgan fingerprint density at radius 3 is 2.42 bits per heavy atom. The molecule has 3 N–H and O–H groups in total. The van der Waals surface area contributed by atoms with Crippen molar-refractivity contribution in [3.63, 3.8) is 0 Å². The van der Waals surface area contributed by atoms with E-state index < -0.39 is 5.97 Å². The number of thiophene rings is 1. The molecule has 1 heterocycles. The summed E-state index contributed by atoms with van der Waals surface area (Å²) < 4.78 is 0. The minimum Gasteiger partial charge on any atom is -0.478 e. The predicted octanol–water partition coefficient (Wildman–Crippen LogP) is 3.00. The molecule has 0 unspecified atom stereocenters. The molecule has 1 aromatic heterocycles. The Morgan fingerprint density at radius 1 is 1.12 bits per heavy atom. The van der Waals surface area contributed by atoms with E-state index in [0.29, 0.717) is 11.4 Å². The third kappa shape index (κ3) is 5.16. The third-order valence-electron chi connectivity index (χ3n) is 3.91. The van der Waals surface area contributed by atoms with Crippen molar-refractivity contribution in [3.8, 4) is 0 Å². The molecule has 1 aromatic carbocycles. The molecule has 6 nitrogen and oxygen atoms in total. The average molecular weight is 374 g/mol. The van der Waals surface area contributed by atoms with Crippen LogP contribution in [0.15, 0.2) is 30.3 Å². The summed E-state index contributed by atoms with van der Waals surface area (Å²) in [5.74, 6) is -1.52. The molecule has 2 rings (SSSR count). The van der Waals surface area contributed by atoms with Gasteiger partial charge in [-0.25, -0.2) is 4.79 Å². The largest absolute Gasteiger partial charge is 0.478 e. The van der Waals surface area contributed by atoms with E-state index in [1.54, 1.807) is 0 Å². The Kier molecular flexibility index (Phi) is 6.91. The van der Waals surface area contributed by atoms with Gasteiger partial charge in [0.2, 0.25) is 11.8 Å². The number of amides is 2. The zero-order valence-corrected chi connectivity index (χ0v) is 15.6. The molecule has 0 saturated heterocycles. The topological polar surface area (TPSA) is 95.5 Å². The first kappa shape index (κ1) is 19.7. The molecule has 0 fully saturated rings. The lowest BCUT2D eigenvalue weighted by Gasteiger charge is -2.07. The van der Waals surface area contributed by atoms with Crippen LogP contribution in [-0.4, -0.2) is 29.4 Å². The monoisotopic (exact) mass is 374 g/mol. The molecule has 0 radical (unpaired) electrons. The van der Waals surface area contributed by atoms with Gasteiger partial charge in [0.25, 0.3) is 0 Å². The van der Waals surface area contributed by atoms with Crippen molar-refractivity contribution in [1.82, 2.24) is 5.32 Å². The van der Waals surface area contributed by atoms with Crippen molar-refractivity contribution in [1.29, 1.82) is 0 Å². The highest BCUT2D eigenvalue weighted by molar-refractivity contribution is 7.16. The van der Waals surface area contributed by atoms with Crippen LogP contribution in [0.3, 0.4) is 0 Å². The van der Waals surface area contributed by atoms with Crippen LogP contribution in [0.2, 0.25) is 0 Å². The fraction of sp³-hybridized carbons (Fsp3) is 0.316. The number of aromatic carboxylic acids is 1. The van der Waals surface area contributed by atoms with E-state index in [0.717, 1.165) is 16.0 Å². The Balaban J connectivity index is 1.86. The second-order valence-electron chi connectivity index (χ2n) is 5.81. The number of carboxylic acids is 1. The van der Waals surface area contributed by atoms with Crippen molar-refractivity contribution >= 4 is 34.1 Å². The first-order valence-electron chi connectivity index (χ1n) is 8.38. The molecule has 26 heavy (non-hydrogen) atoms. The summed E-state index contributed by atoms with van der Waals surface area (Å²) in [6, 6.07) is 9.34. The van der Waals surface area contributed by atoms with Gasteiger partial charge in [-0.1, -0.05) is 37.3 Å². The van der Waals surface area contributed by atoms with Crippen molar-refractivity contribution in [2.24, 2.45) is 0 Å². The summed E-state index contributed by atoms with van der Waals surface area (Å²) in [4.78, 5) is 36.3. The smallest absolute Gasteiger partial charge is 0.339 e. The summed E-state index contributed by atoms with van der Waals surface area (Å²) in [5, 5.41) is 15.1. The number of aryl methyl sites for hydroxylation is 1. The van der Waals surface area contributed by atoms with Crippen LogP contribution in [-0.2, 0) is 22.4 Å². The van der Waals surface area contributed by atoms with Gasteiger partial charge < -0.3 is 15.7 Å². The van der Waals surface area contributed by atoms with Crippen molar-refractivity contribution < 1.29 is 19.5 Å². The molecule has 0 bridgehead atoms. The summed E-state index contributed by atoms with van der Waals surface area (Å²) in [5.41, 5.74) is 1.81. The Bertz CT molecular complexity index is 799. The van der Waals surface area contributed by atoms with Gasteiger partial charge in [0.1, 0.15) is 5.00 Å². The van der Waals surface area contributed by atoms with Gasteiger partial charge >= 0.3 is 5.97 Å². The van der Waals surface area contributed by atoms with E-state index in [9.17, 15) is 19.5 Å². The molecular weight excluding hydrogens is 352 g/mol. The highest BCUT2D eigenvalue weighted by atomic mass is 32.1. The van der Waals surface area contributed by atoms with Crippen LogP contribution in [0.1, 0.15) is 39.7 Å². The number of carbonyl (C=O) groups is 3. The van der Waals surface area contributed by atoms with E-state index in [4.69, 9.17) is 0 Å². The quantitative estimate of drug-likeness (QED) is 0.662. The number of anilines is 1. The van der Waals surface area contributed by atoms with Gasteiger partial charge in [-0.3, -0.25) is 9.59 Å². The van der Waals surface area contributed by atoms with Crippen LogP contribution < -0.4 is 10.6 Å². The van der Waals surface area contributed by atoms with E-state index in [-0.39, 0.29) is 36.8 Å². The lowest BCUT2D eigenvalue weighted by Crippen LogP contribution is -2.29. The van der Waals surface area contributed by atoms with Crippen LogP contribution in [0.25, 0.3) is 0 Å². The number of rotatable bonds is 8. The van der Waals surface area contributed by atoms with Gasteiger partial charge in [-0.2, -0.15) is 0 Å². The zero-order chi connectivity index (χ0) is 19.1. The number of carbonyl (C=O) groups excluding carboxylic acids is 2. The number of nitrogens with one attached hydrogen (secondary N) is 2. The van der Waals surface area contributed by atoms with Crippen molar-refractivity contribution in [2.75, 3.05) is 11.9 Å². The molecule has 2 amide bonds. The Morgan fingerprint density at radius 2 is 1.81 bits per heavy atom. The number of carboxylic acid groups (broad SMARTS) is 1. The second kappa shape index (κ2) is 9.15. The molecule has 7 heteroatoms. The Hall–Kier alpha value is -2.67. The van der Waals surface area contributed by atoms with Crippen LogP contribution in [0.4, 0.5) is 5.00 Å². The number of benzene rings is 1. The van der Waals surface area contributed by atoms with E-state index >= 15 is 0 Å². The average Bonchev–Trinajstić information content (AvgIpc) is 2.90. The first-order valence-corrected chi connectivity index (χ1v) is 9.20. The minimum absolute atomic E-state index is 0.0813. The molecule has 138 valence electrons. The summed E-state index contributed by atoms with van der Waals surface area (Å²) in [6.07, 6.45) is 0.934. The van der Waals surface area contributed by atoms with Crippen molar-refractivity contribution in [3.05, 3.63) is 51.9 Å². The van der Waals surface area contributed by atoms with E-state index in [1.807, 2.05) is 44.2 Å². The maximum atomic E-state index is 12.1. The fourth-order valence-corrected chi connectivity index (χ4v) is 3.82. The van der Waals surface area contributed by atoms with Gasteiger partial charge in [-0.15, -0.1) is 11.3 Å². The molecular formula is C19H22N2O4S. The molecule has 0 saturated carbocycles. The highest BCUT2D eigenvalue weighted by Gasteiger charge is 2.21. The second-order valence-corrected chi connectivity index (χ2v) is 7.03. The van der Waals surface area contributed by atoms with Crippen molar-refractivity contribution in [2.45, 2.75) is 33.1 Å². The SMILES string of the molecule is CCc1c(C)sc(NC(=O)CCNC(=O)Cc2ccccc2)c1C(=O)O. The number of hydrogen-bond donors (Lipinski definition) is 3. The summed E-state index contributed by atoms with van der Waals surface area (Å²) >= 11 is 1.26. The lowest BCUT2D eigenvalue weighted by atomic mass is 10.1. The normalized spacial score (nSPS) is 10.4. The fourth-order valence-electron chi connectivity index (χ4n) is 2.67. The molecule has 0 aliphatic rings.